The Morgan fingerprint density at radius 2 is 2.06 bits per heavy atom. The van der Waals surface area contributed by atoms with E-state index < -0.39 is 6.61 Å². The van der Waals surface area contributed by atoms with Crippen molar-refractivity contribution in [2.75, 3.05) is 14.2 Å². The fourth-order valence-electron chi connectivity index (χ4n) is 1.47. The zero-order valence-corrected chi connectivity index (χ0v) is 10.1. The van der Waals surface area contributed by atoms with Gasteiger partial charge in [-0.05, 0) is 30.2 Å². The lowest BCUT2D eigenvalue weighted by molar-refractivity contribution is -0.140. The number of aryl methyl sites for hydroxylation is 1. The topological polar surface area (TPSA) is 44.8 Å². The maximum Gasteiger partial charge on any atom is 0.387 e. The first-order chi connectivity index (χ1) is 8.56. The molecule has 0 heterocycles. The molecular weight excluding hydrogens is 246 g/mol. The van der Waals surface area contributed by atoms with Crippen LogP contribution in [-0.2, 0) is 16.0 Å². The average Bonchev–Trinajstić information content (AvgIpc) is 2.35. The summed E-state index contributed by atoms with van der Waals surface area (Å²) in [7, 11) is 2.75. The molecule has 0 aliphatic rings. The fourth-order valence-corrected chi connectivity index (χ4v) is 1.47. The van der Waals surface area contributed by atoms with E-state index in [1.54, 1.807) is 0 Å². The van der Waals surface area contributed by atoms with Crippen LogP contribution in [0.15, 0.2) is 18.2 Å². The van der Waals surface area contributed by atoms with E-state index in [9.17, 15) is 13.6 Å². The van der Waals surface area contributed by atoms with Gasteiger partial charge in [-0.1, -0.05) is 0 Å². The number of benzene rings is 1. The molecule has 0 spiro atoms. The molecule has 1 aromatic carbocycles. The van der Waals surface area contributed by atoms with Gasteiger partial charge in [-0.3, -0.25) is 4.79 Å². The van der Waals surface area contributed by atoms with Crippen LogP contribution in [0.5, 0.6) is 11.5 Å². The van der Waals surface area contributed by atoms with Gasteiger partial charge in [0, 0.05) is 6.42 Å². The van der Waals surface area contributed by atoms with Crippen molar-refractivity contribution in [1.29, 1.82) is 0 Å². The predicted octanol–water partition coefficient (Wildman–Crippen LogP) is 2.40. The van der Waals surface area contributed by atoms with Crippen molar-refractivity contribution in [2.45, 2.75) is 19.5 Å². The third kappa shape index (κ3) is 4.20. The van der Waals surface area contributed by atoms with E-state index in [1.165, 1.54) is 32.4 Å². The highest BCUT2D eigenvalue weighted by atomic mass is 19.3. The predicted molar refractivity (Wildman–Crippen MR) is 60.0 cm³/mol. The lowest BCUT2D eigenvalue weighted by atomic mass is 10.1. The SMILES string of the molecule is COC(=O)CCc1cc(OC(F)F)ccc1OC. The van der Waals surface area contributed by atoms with Gasteiger partial charge in [-0.15, -0.1) is 0 Å². The van der Waals surface area contributed by atoms with Gasteiger partial charge in [0.2, 0.25) is 0 Å². The summed E-state index contributed by atoms with van der Waals surface area (Å²) in [4.78, 5) is 11.0. The average molecular weight is 260 g/mol. The second-order valence-electron chi connectivity index (χ2n) is 3.43. The van der Waals surface area contributed by atoms with E-state index in [0.29, 0.717) is 17.7 Å². The van der Waals surface area contributed by atoms with Gasteiger partial charge in [0.1, 0.15) is 11.5 Å². The minimum Gasteiger partial charge on any atom is -0.496 e. The van der Waals surface area contributed by atoms with Gasteiger partial charge in [0.05, 0.1) is 14.2 Å². The zero-order valence-electron chi connectivity index (χ0n) is 10.1. The number of hydrogen-bond donors (Lipinski definition) is 0. The highest BCUT2D eigenvalue weighted by Gasteiger charge is 2.10. The molecule has 0 saturated heterocycles. The smallest absolute Gasteiger partial charge is 0.387 e. The Kier molecular flexibility index (Phi) is 5.35. The molecule has 6 heteroatoms. The Balaban J connectivity index is 2.81. The molecule has 0 saturated carbocycles. The van der Waals surface area contributed by atoms with Gasteiger partial charge < -0.3 is 14.2 Å². The number of ether oxygens (including phenoxy) is 3. The molecule has 18 heavy (non-hydrogen) atoms. The maximum absolute atomic E-state index is 12.1. The molecule has 0 bridgehead atoms. The molecule has 1 rings (SSSR count). The normalized spacial score (nSPS) is 10.3. The molecule has 0 atom stereocenters. The molecule has 0 aromatic heterocycles. The Hall–Kier alpha value is -1.85. The summed E-state index contributed by atoms with van der Waals surface area (Å²) in [5.41, 5.74) is 0.612. The van der Waals surface area contributed by atoms with Crippen LogP contribution < -0.4 is 9.47 Å². The van der Waals surface area contributed by atoms with Gasteiger partial charge in [-0.25, -0.2) is 0 Å². The summed E-state index contributed by atoms with van der Waals surface area (Å²) in [5.74, 6) is 0.170. The molecular formula is C12H14F2O4. The molecule has 4 nitrogen and oxygen atoms in total. The first-order valence-corrected chi connectivity index (χ1v) is 5.25. The molecule has 0 aliphatic carbocycles. The van der Waals surface area contributed by atoms with E-state index >= 15 is 0 Å². The van der Waals surface area contributed by atoms with Crippen molar-refractivity contribution < 1.29 is 27.8 Å². The molecule has 0 N–H and O–H groups in total. The molecule has 1 aromatic rings. The Morgan fingerprint density at radius 1 is 1.33 bits per heavy atom. The number of carbonyl (C=O) groups excluding carboxylic acids is 1. The molecule has 0 aliphatic heterocycles. The van der Waals surface area contributed by atoms with Crippen molar-refractivity contribution in [3.8, 4) is 11.5 Å². The van der Waals surface area contributed by atoms with Crippen LogP contribution in [0.3, 0.4) is 0 Å². The van der Waals surface area contributed by atoms with Crippen LogP contribution in [0.4, 0.5) is 8.78 Å². The molecule has 0 amide bonds. The standard InChI is InChI=1S/C12H14F2O4/c1-16-10-5-4-9(18-12(13)14)7-8(10)3-6-11(15)17-2/h4-5,7,12H,3,6H2,1-2H3. The second kappa shape index (κ2) is 6.78. The number of hydrogen-bond acceptors (Lipinski definition) is 4. The Labute approximate surface area is 103 Å². The van der Waals surface area contributed by atoms with Gasteiger partial charge >= 0.3 is 12.6 Å². The monoisotopic (exact) mass is 260 g/mol. The van der Waals surface area contributed by atoms with E-state index in [-0.39, 0.29) is 18.1 Å². The molecule has 0 radical (unpaired) electrons. The first-order valence-electron chi connectivity index (χ1n) is 5.25. The van der Waals surface area contributed by atoms with E-state index in [4.69, 9.17) is 4.74 Å². The molecule has 0 unspecified atom stereocenters. The van der Waals surface area contributed by atoms with Crippen molar-refractivity contribution in [3.63, 3.8) is 0 Å². The summed E-state index contributed by atoms with van der Waals surface area (Å²) in [6.07, 6.45) is 0.473. The Morgan fingerprint density at radius 3 is 2.61 bits per heavy atom. The quantitative estimate of drug-likeness (QED) is 0.737. The van der Waals surface area contributed by atoms with Crippen molar-refractivity contribution in [1.82, 2.24) is 0 Å². The number of rotatable bonds is 6. The maximum atomic E-state index is 12.1. The summed E-state index contributed by atoms with van der Waals surface area (Å²) in [5, 5.41) is 0. The van der Waals surface area contributed by atoms with Crippen LogP contribution in [-0.4, -0.2) is 26.8 Å². The van der Waals surface area contributed by atoms with E-state index in [1.807, 2.05) is 0 Å². The lowest BCUT2D eigenvalue weighted by Gasteiger charge is -2.11. The number of methoxy groups -OCH3 is 2. The molecule has 0 fully saturated rings. The minimum absolute atomic E-state index is 0.0330. The number of halogens is 2. The van der Waals surface area contributed by atoms with Crippen molar-refractivity contribution >= 4 is 5.97 Å². The molecule has 100 valence electrons. The number of carbonyl (C=O) groups is 1. The van der Waals surface area contributed by atoms with E-state index in [0.717, 1.165) is 0 Å². The van der Waals surface area contributed by atoms with Crippen LogP contribution in [0.1, 0.15) is 12.0 Å². The summed E-state index contributed by atoms with van der Waals surface area (Å²) in [6.45, 7) is -2.88. The third-order valence-corrected chi connectivity index (χ3v) is 2.30. The summed E-state index contributed by atoms with van der Waals surface area (Å²) < 4.78 is 38.0. The summed E-state index contributed by atoms with van der Waals surface area (Å²) >= 11 is 0. The van der Waals surface area contributed by atoms with Crippen LogP contribution in [0.2, 0.25) is 0 Å². The van der Waals surface area contributed by atoms with Gasteiger partial charge in [-0.2, -0.15) is 8.78 Å². The highest BCUT2D eigenvalue weighted by molar-refractivity contribution is 5.69. The van der Waals surface area contributed by atoms with Crippen LogP contribution in [0.25, 0.3) is 0 Å². The first kappa shape index (κ1) is 14.2. The largest absolute Gasteiger partial charge is 0.496 e. The van der Waals surface area contributed by atoms with Gasteiger partial charge in [0.15, 0.2) is 0 Å². The third-order valence-electron chi connectivity index (χ3n) is 2.30. The second-order valence-corrected chi connectivity index (χ2v) is 3.43. The van der Waals surface area contributed by atoms with Gasteiger partial charge in [0.25, 0.3) is 0 Å². The van der Waals surface area contributed by atoms with Crippen molar-refractivity contribution in [3.05, 3.63) is 23.8 Å². The lowest BCUT2D eigenvalue weighted by Crippen LogP contribution is -2.05. The van der Waals surface area contributed by atoms with Crippen molar-refractivity contribution in [2.24, 2.45) is 0 Å². The number of esters is 1. The summed E-state index contributed by atoms with van der Waals surface area (Å²) in [6, 6.07) is 4.32. The number of alkyl halides is 2. The van der Waals surface area contributed by atoms with E-state index in [2.05, 4.69) is 9.47 Å². The zero-order chi connectivity index (χ0) is 13.5. The van der Waals surface area contributed by atoms with Crippen LogP contribution in [0, 0.1) is 0 Å². The highest BCUT2D eigenvalue weighted by Crippen LogP contribution is 2.26. The Bertz CT molecular complexity index is 407. The minimum atomic E-state index is -2.88. The van der Waals surface area contributed by atoms with Crippen LogP contribution >= 0.6 is 0 Å². The fraction of sp³-hybridized carbons (Fsp3) is 0.417.